The first-order valence-electron chi connectivity index (χ1n) is 12.7. The van der Waals surface area contributed by atoms with Gasteiger partial charge in [0.25, 0.3) is 0 Å². The molecule has 5 rings (SSSR count). The number of aromatic nitrogens is 2. The van der Waals surface area contributed by atoms with Gasteiger partial charge in [-0.3, -0.25) is 4.79 Å². The van der Waals surface area contributed by atoms with Gasteiger partial charge >= 0.3 is 5.97 Å². The molecular weight excluding hydrogens is 512 g/mol. The van der Waals surface area contributed by atoms with Crippen LogP contribution in [0, 0.1) is 0 Å². The van der Waals surface area contributed by atoms with Gasteiger partial charge in [0.1, 0.15) is 12.4 Å². The van der Waals surface area contributed by atoms with Crippen molar-refractivity contribution in [3.8, 4) is 0 Å². The highest BCUT2D eigenvalue weighted by Crippen LogP contribution is 2.50. The predicted molar refractivity (Wildman–Crippen MR) is 149 cm³/mol. The molecule has 2 heterocycles. The van der Waals surface area contributed by atoms with Crippen LogP contribution in [0.5, 0.6) is 0 Å². The fourth-order valence-corrected chi connectivity index (χ4v) is 6.51. The lowest BCUT2D eigenvalue weighted by molar-refractivity contribution is -0.134. The first-order valence-corrected chi connectivity index (χ1v) is 14.2. The number of nitrogens with zero attached hydrogens (tertiary/aromatic N) is 2. The van der Waals surface area contributed by atoms with E-state index in [4.69, 9.17) is 10.8 Å². The summed E-state index contributed by atoms with van der Waals surface area (Å²) >= 11 is 0. The van der Waals surface area contributed by atoms with Crippen molar-refractivity contribution >= 4 is 21.6 Å². The topological polar surface area (TPSA) is 135 Å². The molecule has 1 atom stereocenters. The van der Waals surface area contributed by atoms with E-state index in [1.807, 2.05) is 18.2 Å². The zero-order chi connectivity index (χ0) is 27.5. The molecule has 0 amide bonds. The van der Waals surface area contributed by atoms with Gasteiger partial charge in [0.05, 0.1) is 5.69 Å². The van der Waals surface area contributed by atoms with E-state index in [2.05, 4.69) is 51.7 Å². The molecule has 200 valence electrons. The number of nitrogens with one attached hydrogen (secondary N) is 1. The number of anilines is 1. The van der Waals surface area contributed by atoms with Gasteiger partial charge in [0, 0.05) is 12.6 Å². The summed E-state index contributed by atoms with van der Waals surface area (Å²) in [6.07, 6.45) is 4.53. The lowest BCUT2D eigenvalue weighted by atomic mass is 9.88. The molecule has 1 aliphatic rings. The summed E-state index contributed by atoms with van der Waals surface area (Å²) < 4.78 is 27.9. The number of sulfone groups is 1. The molecule has 0 radical (unpaired) electrons. The van der Waals surface area contributed by atoms with Crippen molar-refractivity contribution in [1.29, 1.82) is 0 Å². The fourth-order valence-electron chi connectivity index (χ4n) is 4.94. The number of benzene rings is 2. The van der Waals surface area contributed by atoms with Gasteiger partial charge in [0.15, 0.2) is 9.90 Å². The molecule has 1 fully saturated rings. The van der Waals surface area contributed by atoms with E-state index in [9.17, 15) is 13.2 Å². The van der Waals surface area contributed by atoms with Crippen molar-refractivity contribution in [2.24, 2.45) is 5.73 Å². The highest BCUT2D eigenvalue weighted by molar-refractivity contribution is 7.92. The number of nitrogens with two attached hydrogens (primary N) is 1. The van der Waals surface area contributed by atoms with Crippen molar-refractivity contribution in [3.05, 3.63) is 120 Å². The average molecular weight is 543 g/mol. The number of rotatable bonds is 11. The third-order valence-electron chi connectivity index (χ3n) is 7.27. The normalized spacial score (nSPS) is 15.7. The standard InChI is InChI=1S/C30H30N4O4S/c31-30(39(37,38)27-11-4-5-18-32-27,25-9-6-10-26(34-25)33-21-28(35)36)20-23-12-14-24(15-13-23)29(16-17-29)19-22-7-2-1-3-8-22/h1-15,18H,16-17,19-21,31H2,(H,33,34)(H,35,36). The molecule has 1 aliphatic carbocycles. The Morgan fingerprint density at radius 1 is 0.923 bits per heavy atom. The first kappa shape index (κ1) is 26.5. The van der Waals surface area contributed by atoms with E-state index >= 15 is 0 Å². The van der Waals surface area contributed by atoms with Gasteiger partial charge in [-0.1, -0.05) is 66.7 Å². The average Bonchev–Trinajstić information content (AvgIpc) is 3.73. The van der Waals surface area contributed by atoms with Crippen LogP contribution in [0.25, 0.3) is 0 Å². The maximum Gasteiger partial charge on any atom is 0.322 e. The Bertz CT molecular complexity index is 1560. The second-order valence-electron chi connectivity index (χ2n) is 10.0. The van der Waals surface area contributed by atoms with Crippen LogP contribution in [0.1, 0.15) is 35.2 Å². The Kier molecular flexibility index (Phi) is 7.20. The van der Waals surface area contributed by atoms with Crippen molar-refractivity contribution in [1.82, 2.24) is 9.97 Å². The van der Waals surface area contributed by atoms with E-state index in [0.717, 1.165) is 24.8 Å². The van der Waals surface area contributed by atoms with Crippen molar-refractivity contribution < 1.29 is 18.3 Å². The number of hydrogen-bond donors (Lipinski definition) is 3. The molecule has 4 N–H and O–H groups in total. The number of carbonyl (C=O) groups is 1. The lowest BCUT2D eigenvalue weighted by Crippen LogP contribution is -2.47. The van der Waals surface area contributed by atoms with Crippen LogP contribution in [0.4, 0.5) is 5.82 Å². The molecule has 1 saturated carbocycles. The molecule has 8 nitrogen and oxygen atoms in total. The summed E-state index contributed by atoms with van der Waals surface area (Å²) in [6, 6.07) is 27.8. The molecular formula is C30H30N4O4S. The van der Waals surface area contributed by atoms with Crippen LogP contribution in [0.3, 0.4) is 0 Å². The minimum absolute atomic E-state index is 0.0484. The SMILES string of the molecule is NC(Cc1ccc(C2(Cc3ccccc3)CC2)cc1)(c1cccc(NCC(=O)O)n1)S(=O)(=O)c1ccccn1. The monoisotopic (exact) mass is 542 g/mol. The largest absolute Gasteiger partial charge is 0.480 e. The molecule has 4 aromatic rings. The Hall–Kier alpha value is -4.08. The minimum atomic E-state index is -4.21. The van der Waals surface area contributed by atoms with Crippen LogP contribution < -0.4 is 11.1 Å². The molecule has 0 saturated heterocycles. The van der Waals surface area contributed by atoms with Crippen LogP contribution in [0.15, 0.2) is 102 Å². The maximum absolute atomic E-state index is 13.9. The summed E-state index contributed by atoms with van der Waals surface area (Å²) in [5.74, 6) is -0.851. The second-order valence-corrected chi connectivity index (χ2v) is 12.2. The van der Waals surface area contributed by atoms with Crippen LogP contribution >= 0.6 is 0 Å². The Morgan fingerprint density at radius 2 is 1.64 bits per heavy atom. The van der Waals surface area contributed by atoms with Gasteiger partial charge in [-0.2, -0.15) is 0 Å². The van der Waals surface area contributed by atoms with Gasteiger partial charge in [-0.15, -0.1) is 0 Å². The van der Waals surface area contributed by atoms with Crippen molar-refractivity contribution in [2.75, 3.05) is 11.9 Å². The second kappa shape index (κ2) is 10.6. The molecule has 0 bridgehead atoms. The minimum Gasteiger partial charge on any atom is -0.480 e. The third kappa shape index (κ3) is 5.55. The number of hydrogen-bond acceptors (Lipinski definition) is 7. The summed E-state index contributed by atoms with van der Waals surface area (Å²) in [5.41, 5.74) is 10.2. The van der Waals surface area contributed by atoms with E-state index in [1.165, 1.54) is 23.4 Å². The van der Waals surface area contributed by atoms with Gasteiger partial charge in [-0.25, -0.2) is 18.4 Å². The molecule has 9 heteroatoms. The van der Waals surface area contributed by atoms with Crippen molar-refractivity contribution in [3.63, 3.8) is 0 Å². The highest BCUT2D eigenvalue weighted by atomic mass is 32.2. The molecule has 1 unspecified atom stereocenters. The smallest absolute Gasteiger partial charge is 0.322 e. The zero-order valence-corrected chi connectivity index (χ0v) is 22.1. The van der Waals surface area contributed by atoms with Gasteiger partial charge in [-0.05, 0) is 65.6 Å². The van der Waals surface area contributed by atoms with E-state index < -0.39 is 20.7 Å². The number of carboxylic acid groups (broad SMARTS) is 1. The molecule has 0 spiro atoms. The quantitative estimate of drug-likeness (QED) is 0.258. The summed E-state index contributed by atoms with van der Waals surface area (Å²) in [6.45, 7) is -0.368. The number of pyridine rings is 2. The number of aliphatic carboxylic acids is 1. The first-order chi connectivity index (χ1) is 18.7. The highest BCUT2D eigenvalue weighted by Gasteiger charge is 2.46. The van der Waals surface area contributed by atoms with Gasteiger partial charge in [0.2, 0.25) is 9.84 Å². The Labute approximate surface area is 227 Å². The van der Waals surface area contributed by atoms with Gasteiger partial charge < -0.3 is 16.2 Å². The number of carboxylic acids is 1. The van der Waals surface area contributed by atoms with E-state index in [0.29, 0.717) is 0 Å². The Morgan fingerprint density at radius 3 is 2.28 bits per heavy atom. The lowest BCUT2D eigenvalue weighted by Gasteiger charge is -2.29. The summed E-state index contributed by atoms with van der Waals surface area (Å²) in [5, 5.41) is 11.6. The van der Waals surface area contributed by atoms with Crippen molar-refractivity contribution in [2.45, 2.75) is 41.0 Å². The van der Waals surface area contributed by atoms with Crippen LogP contribution in [0.2, 0.25) is 0 Å². The summed E-state index contributed by atoms with van der Waals surface area (Å²) in [7, 11) is -4.21. The van der Waals surface area contributed by atoms with Crippen LogP contribution in [-0.2, 0) is 37.8 Å². The molecule has 39 heavy (non-hydrogen) atoms. The maximum atomic E-state index is 13.9. The zero-order valence-electron chi connectivity index (χ0n) is 21.3. The van der Waals surface area contributed by atoms with Crippen LogP contribution in [-0.4, -0.2) is 36.0 Å². The Balaban J connectivity index is 1.48. The summed E-state index contributed by atoms with van der Waals surface area (Å²) in [4.78, 5) is 17.6. The molecule has 0 aliphatic heterocycles. The van der Waals surface area contributed by atoms with E-state index in [-0.39, 0.29) is 34.9 Å². The third-order valence-corrected chi connectivity index (χ3v) is 9.37. The molecule has 2 aromatic carbocycles. The predicted octanol–water partition coefficient (Wildman–Crippen LogP) is 4.08. The fraction of sp³-hybridized carbons (Fsp3) is 0.233. The van der Waals surface area contributed by atoms with E-state index in [1.54, 1.807) is 30.3 Å². The molecule has 2 aromatic heterocycles.